The minimum absolute atomic E-state index is 0.156. The molecular formula is C17H17N3O4. The van der Waals surface area contributed by atoms with Crippen LogP contribution in [0.3, 0.4) is 0 Å². The summed E-state index contributed by atoms with van der Waals surface area (Å²) in [5.41, 5.74) is 9.01. The molecule has 2 amide bonds. The lowest BCUT2D eigenvalue weighted by Gasteiger charge is -2.09. The van der Waals surface area contributed by atoms with Crippen molar-refractivity contribution >= 4 is 29.3 Å². The van der Waals surface area contributed by atoms with Crippen LogP contribution in [0.4, 0.5) is 11.4 Å². The Morgan fingerprint density at radius 2 is 1.83 bits per heavy atom. The minimum atomic E-state index is -0.618. The number of carbonyl (C=O) groups excluding carboxylic acids is 2. The number of carbonyl (C=O) groups is 2. The maximum absolute atomic E-state index is 11.8. The number of anilines is 2. The predicted octanol–water partition coefficient (Wildman–Crippen LogP) is 1.80. The van der Waals surface area contributed by atoms with Gasteiger partial charge in [-0.1, -0.05) is 24.3 Å². The largest absolute Gasteiger partial charge is 0.484 e. The summed E-state index contributed by atoms with van der Waals surface area (Å²) in [6, 6.07) is 13.7. The Balaban J connectivity index is 1.86. The van der Waals surface area contributed by atoms with Crippen molar-refractivity contribution in [2.75, 3.05) is 17.7 Å². The fourth-order valence-corrected chi connectivity index (χ4v) is 1.83. The van der Waals surface area contributed by atoms with E-state index in [2.05, 4.69) is 5.32 Å². The Morgan fingerprint density at radius 1 is 1.12 bits per heavy atom. The van der Waals surface area contributed by atoms with Gasteiger partial charge in [0.15, 0.2) is 6.61 Å². The van der Waals surface area contributed by atoms with Crippen LogP contribution < -0.4 is 21.3 Å². The number of hydrogen-bond acceptors (Lipinski definition) is 5. The molecule has 2 aromatic rings. The van der Waals surface area contributed by atoms with Gasteiger partial charge in [-0.3, -0.25) is 14.8 Å². The smallest absolute Gasteiger partial charge is 0.267 e. The van der Waals surface area contributed by atoms with Crippen LogP contribution in [0.1, 0.15) is 5.56 Å². The maximum atomic E-state index is 11.8. The molecule has 0 bridgehead atoms. The summed E-state index contributed by atoms with van der Waals surface area (Å²) >= 11 is 0. The second-order valence-corrected chi connectivity index (χ2v) is 4.80. The molecule has 0 aliphatic rings. The average Bonchev–Trinajstić information content (AvgIpc) is 2.60. The first-order chi connectivity index (χ1) is 11.6. The van der Waals surface area contributed by atoms with Crippen LogP contribution >= 0.6 is 0 Å². The van der Waals surface area contributed by atoms with Gasteiger partial charge in [0.25, 0.3) is 11.8 Å². The molecule has 7 heteroatoms. The van der Waals surface area contributed by atoms with Gasteiger partial charge in [-0.2, -0.15) is 0 Å². The van der Waals surface area contributed by atoms with Crippen molar-refractivity contribution in [3.05, 3.63) is 60.2 Å². The van der Waals surface area contributed by atoms with Crippen molar-refractivity contribution in [1.82, 2.24) is 5.48 Å². The fourth-order valence-electron chi connectivity index (χ4n) is 1.83. The van der Waals surface area contributed by atoms with Crippen LogP contribution in [0.25, 0.3) is 6.08 Å². The molecule has 0 aromatic heterocycles. The van der Waals surface area contributed by atoms with Crippen LogP contribution in [0.15, 0.2) is 54.6 Å². The van der Waals surface area contributed by atoms with E-state index < -0.39 is 5.91 Å². The summed E-state index contributed by atoms with van der Waals surface area (Å²) in [6.07, 6.45) is 2.72. The SMILES string of the molecule is Nc1ccccc1NC(=O)COc1ccc(/C=C/C(=O)NO)cc1. The number of benzene rings is 2. The Kier molecular flexibility index (Phi) is 5.93. The van der Waals surface area contributed by atoms with Crippen LogP contribution in [0.5, 0.6) is 5.75 Å². The standard InChI is InChI=1S/C17H17N3O4/c18-14-3-1-2-4-15(14)19-17(22)11-24-13-8-5-12(6-9-13)7-10-16(21)20-23/h1-10,23H,11,18H2,(H,19,22)(H,20,21)/b10-7+. The van der Waals surface area contributed by atoms with E-state index in [1.807, 2.05) is 0 Å². The Bertz CT molecular complexity index is 742. The van der Waals surface area contributed by atoms with Crippen molar-refractivity contribution in [1.29, 1.82) is 0 Å². The van der Waals surface area contributed by atoms with Gasteiger partial charge in [0, 0.05) is 6.08 Å². The molecule has 124 valence electrons. The van der Waals surface area contributed by atoms with Crippen molar-refractivity contribution < 1.29 is 19.5 Å². The molecule has 2 rings (SSSR count). The number of ether oxygens (including phenoxy) is 1. The number of nitrogens with one attached hydrogen (secondary N) is 2. The van der Waals surface area contributed by atoms with E-state index in [4.69, 9.17) is 15.7 Å². The van der Waals surface area contributed by atoms with E-state index in [0.717, 1.165) is 5.56 Å². The van der Waals surface area contributed by atoms with Gasteiger partial charge in [-0.05, 0) is 35.9 Å². The third-order valence-electron chi connectivity index (χ3n) is 3.02. The normalized spacial score (nSPS) is 10.4. The summed E-state index contributed by atoms with van der Waals surface area (Å²) < 4.78 is 5.39. The van der Waals surface area contributed by atoms with Crippen LogP contribution in [0, 0.1) is 0 Å². The Morgan fingerprint density at radius 3 is 2.50 bits per heavy atom. The number of para-hydroxylation sites is 2. The molecule has 0 radical (unpaired) electrons. The highest BCUT2D eigenvalue weighted by molar-refractivity contribution is 5.94. The first kappa shape index (κ1) is 17.0. The molecule has 0 aliphatic carbocycles. The van der Waals surface area contributed by atoms with Gasteiger partial charge >= 0.3 is 0 Å². The first-order valence-corrected chi connectivity index (χ1v) is 7.08. The number of nitrogens with two attached hydrogens (primary N) is 1. The molecule has 2 aromatic carbocycles. The lowest BCUT2D eigenvalue weighted by molar-refractivity contribution is -0.124. The number of nitrogen functional groups attached to an aromatic ring is 1. The number of hydroxylamine groups is 1. The zero-order chi connectivity index (χ0) is 17.4. The average molecular weight is 327 g/mol. The second-order valence-electron chi connectivity index (χ2n) is 4.80. The molecule has 0 saturated carbocycles. The van der Waals surface area contributed by atoms with Crippen LogP contribution in [-0.2, 0) is 9.59 Å². The van der Waals surface area contributed by atoms with E-state index >= 15 is 0 Å². The minimum Gasteiger partial charge on any atom is -0.484 e. The second kappa shape index (κ2) is 8.35. The van der Waals surface area contributed by atoms with Crippen LogP contribution in [-0.4, -0.2) is 23.6 Å². The van der Waals surface area contributed by atoms with E-state index in [1.165, 1.54) is 17.6 Å². The molecule has 5 N–H and O–H groups in total. The third-order valence-corrected chi connectivity index (χ3v) is 3.02. The van der Waals surface area contributed by atoms with Crippen molar-refractivity contribution in [2.45, 2.75) is 0 Å². The van der Waals surface area contributed by atoms with Gasteiger partial charge in [-0.15, -0.1) is 0 Å². The number of hydrogen-bond donors (Lipinski definition) is 4. The van der Waals surface area contributed by atoms with Crippen molar-refractivity contribution in [3.8, 4) is 5.75 Å². The van der Waals surface area contributed by atoms with E-state index in [-0.39, 0.29) is 12.5 Å². The van der Waals surface area contributed by atoms with Gasteiger partial charge < -0.3 is 15.8 Å². The topological polar surface area (TPSA) is 114 Å². The Labute approximate surface area is 138 Å². The van der Waals surface area contributed by atoms with Gasteiger partial charge in [0.1, 0.15) is 5.75 Å². The molecule has 0 aliphatic heterocycles. The lowest BCUT2D eigenvalue weighted by Crippen LogP contribution is -2.20. The monoisotopic (exact) mass is 327 g/mol. The van der Waals surface area contributed by atoms with E-state index in [1.54, 1.807) is 48.5 Å². The van der Waals surface area contributed by atoms with E-state index in [9.17, 15) is 9.59 Å². The summed E-state index contributed by atoms with van der Waals surface area (Å²) in [5, 5.41) is 11.0. The lowest BCUT2D eigenvalue weighted by atomic mass is 10.2. The highest BCUT2D eigenvalue weighted by Crippen LogP contribution is 2.17. The predicted molar refractivity (Wildman–Crippen MR) is 90.4 cm³/mol. The first-order valence-electron chi connectivity index (χ1n) is 7.08. The molecule has 0 fully saturated rings. The van der Waals surface area contributed by atoms with Gasteiger partial charge in [-0.25, -0.2) is 5.48 Å². The molecule has 0 atom stereocenters. The van der Waals surface area contributed by atoms with Crippen LogP contribution in [0.2, 0.25) is 0 Å². The fraction of sp³-hybridized carbons (Fsp3) is 0.0588. The zero-order valence-corrected chi connectivity index (χ0v) is 12.7. The van der Waals surface area contributed by atoms with Crippen molar-refractivity contribution in [3.63, 3.8) is 0 Å². The van der Waals surface area contributed by atoms with Crippen molar-refractivity contribution in [2.24, 2.45) is 0 Å². The molecule has 0 spiro atoms. The zero-order valence-electron chi connectivity index (χ0n) is 12.7. The van der Waals surface area contributed by atoms with E-state index in [0.29, 0.717) is 17.1 Å². The summed E-state index contributed by atoms with van der Waals surface area (Å²) in [5.74, 6) is -0.432. The quantitative estimate of drug-likeness (QED) is 0.280. The summed E-state index contributed by atoms with van der Waals surface area (Å²) in [4.78, 5) is 22.7. The molecule has 0 unspecified atom stereocenters. The molecular weight excluding hydrogens is 310 g/mol. The van der Waals surface area contributed by atoms with Gasteiger partial charge in [0.05, 0.1) is 11.4 Å². The molecule has 0 saturated heterocycles. The third kappa shape index (κ3) is 5.15. The summed E-state index contributed by atoms with van der Waals surface area (Å²) in [7, 11) is 0. The number of rotatable bonds is 6. The molecule has 0 heterocycles. The maximum Gasteiger partial charge on any atom is 0.267 e. The molecule has 7 nitrogen and oxygen atoms in total. The highest BCUT2D eigenvalue weighted by Gasteiger charge is 2.05. The number of amides is 2. The highest BCUT2D eigenvalue weighted by atomic mass is 16.5. The van der Waals surface area contributed by atoms with Gasteiger partial charge in [0.2, 0.25) is 0 Å². The Hall–Kier alpha value is -3.32. The summed E-state index contributed by atoms with van der Waals surface area (Å²) in [6.45, 7) is -0.156. The molecule has 24 heavy (non-hydrogen) atoms.